The molecule has 4 rings (SSSR count). The Bertz CT molecular complexity index is 1140. The van der Waals surface area contributed by atoms with Crippen LogP contribution < -0.4 is 21.7 Å². The molecule has 2 atom stereocenters. The summed E-state index contributed by atoms with van der Waals surface area (Å²) in [7, 11) is 1.71. The second-order valence-electron chi connectivity index (χ2n) is 7.93. The van der Waals surface area contributed by atoms with E-state index in [9.17, 15) is 18.0 Å². The van der Waals surface area contributed by atoms with Gasteiger partial charge in [-0.3, -0.25) is 9.48 Å². The van der Waals surface area contributed by atoms with E-state index in [4.69, 9.17) is 11.5 Å². The summed E-state index contributed by atoms with van der Waals surface area (Å²) in [6.07, 6.45) is 1.37. The van der Waals surface area contributed by atoms with Crippen molar-refractivity contribution in [3.8, 4) is 10.6 Å². The maximum atomic E-state index is 14.4. The zero-order valence-corrected chi connectivity index (χ0v) is 18.7. The molecule has 1 aromatic carbocycles. The minimum atomic E-state index is -1.20. The SMILES string of the molecule is Cn1ncc(NC(=O)Cc2nc(-c3c(F)cccc3F)sc2N)c1N1CCCC(N)C(F)C1. The fourth-order valence-corrected chi connectivity index (χ4v) is 4.77. The number of thiazole rings is 1. The Hall–Kier alpha value is -3.12. The van der Waals surface area contributed by atoms with E-state index < -0.39 is 29.8 Å². The van der Waals surface area contributed by atoms with E-state index in [1.165, 1.54) is 12.3 Å². The number of hydrogen-bond acceptors (Lipinski definition) is 7. The number of rotatable bonds is 5. The van der Waals surface area contributed by atoms with Crippen LogP contribution in [0.1, 0.15) is 18.5 Å². The average molecular weight is 480 g/mol. The van der Waals surface area contributed by atoms with Crippen LogP contribution in [0.15, 0.2) is 24.4 Å². The molecule has 1 fully saturated rings. The topological polar surface area (TPSA) is 115 Å². The number of nitrogen functional groups attached to an aromatic ring is 1. The van der Waals surface area contributed by atoms with E-state index >= 15 is 0 Å². The van der Waals surface area contributed by atoms with Gasteiger partial charge in [-0.1, -0.05) is 17.4 Å². The number of benzene rings is 1. The number of anilines is 3. The molecule has 8 nitrogen and oxygen atoms in total. The number of halogens is 3. The van der Waals surface area contributed by atoms with E-state index in [2.05, 4.69) is 15.4 Å². The van der Waals surface area contributed by atoms with Crippen molar-refractivity contribution in [3.63, 3.8) is 0 Å². The Morgan fingerprint density at radius 3 is 2.79 bits per heavy atom. The van der Waals surface area contributed by atoms with Crippen LogP contribution in [-0.2, 0) is 18.3 Å². The number of carbonyl (C=O) groups is 1. The number of amides is 1. The summed E-state index contributed by atoms with van der Waals surface area (Å²) in [6.45, 7) is 0.674. The van der Waals surface area contributed by atoms with Gasteiger partial charge in [-0.05, 0) is 25.0 Å². The van der Waals surface area contributed by atoms with Crippen LogP contribution >= 0.6 is 11.3 Å². The van der Waals surface area contributed by atoms with Crippen molar-refractivity contribution in [1.82, 2.24) is 14.8 Å². The lowest BCUT2D eigenvalue weighted by molar-refractivity contribution is -0.115. The molecule has 0 spiro atoms. The van der Waals surface area contributed by atoms with Crippen LogP contribution in [-0.4, -0.2) is 46.0 Å². The monoisotopic (exact) mass is 479 g/mol. The molecule has 1 saturated heterocycles. The van der Waals surface area contributed by atoms with Gasteiger partial charge < -0.3 is 21.7 Å². The van der Waals surface area contributed by atoms with E-state index in [1.54, 1.807) is 11.7 Å². The molecule has 1 aliphatic rings. The number of aromatic nitrogens is 3. The first kappa shape index (κ1) is 23.1. The molecule has 0 radical (unpaired) electrons. The minimum absolute atomic E-state index is 0.0582. The van der Waals surface area contributed by atoms with E-state index in [1.807, 2.05) is 4.90 Å². The lowest BCUT2D eigenvalue weighted by Crippen LogP contribution is -2.38. The van der Waals surface area contributed by atoms with Crippen LogP contribution in [0.25, 0.3) is 10.6 Å². The highest BCUT2D eigenvalue weighted by Gasteiger charge is 2.28. The number of hydrogen-bond donors (Lipinski definition) is 3. The maximum absolute atomic E-state index is 14.4. The fourth-order valence-electron chi connectivity index (χ4n) is 3.87. The van der Waals surface area contributed by atoms with Gasteiger partial charge in [0.15, 0.2) is 5.82 Å². The summed E-state index contributed by atoms with van der Waals surface area (Å²) < 4.78 is 44.1. The molecule has 0 saturated carbocycles. The zero-order valence-electron chi connectivity index (χ0n) is 17.9. The highest BCUT2D eigenvalue weighted by molar-refractivity contribution is 7.18. The number of carbonyl (C=O) groups excluding carboxylic acids is 1. The highest BCUT2D eigenvalue weighted by Crippen LogP contribution is 2.34. The lowest BCUT2D eigenvalue weighted by Gasteiger charge is -2.25. The molecule has 2 aromatic heterocycles. The van der Waals surface area contributed by atoms with Crippen LogP contribution in [0.5, 0.6) is 0 Å². The molecule has 33 heavy (non-hydrogen) atoms. The molecule has 0 aliphatic carbocycles. The van der Waals surface area contributed by atoms with Gasteiger partial charge >= 0.3 is 0 Å². The molecule has 3 aromatic rings. The summed E-state index contributed by atoms with van der Waals surface area (Å²) in [4.78, 5) is 18.7. The van der Waals surface area contributed by atoms with Gasteiger partial charge in [-0.2, -0.15) is 5.10 Å². The van der Waals surface area contributed by atoms with Crippen molar-refractivity contribution in [3.05, 3.63) is 41.7 Å². The van der Waals surface area contributed by atoms with Crippen molar-refractivity contribution in [1.29, 1.82) is 0 Å². The van der Waals surface area contributed by atoms with E-state index in [0.29, 0.717) is 30.9 Å². The molecule has 0 bridgehead atoms. The number of alkyl halides is 1. The first-order valence-corrected chi connectivity index (χ1v) is 11.2. The smallest absolute Gasteiger partial charge is 0.230 e. The zero-order chi connectivity index (χ0) is 23.7. The van der Waals surface area contributed by atoms with Crippen molar-refractivity contribution < 1.29 is 18.0 Å². The lowest BCUT2D eigenvalue weighted by atomic mass is 10.1. The van der Waals surface area contributed by atoms with Crippen LogP contribution in [0.4, 0.5) is 29.7 Å². The van der Waals surface area contributed by atoms with Gasteiger partial charge in [0.05, 0.1) is 30.4 Å². The Morgan fingerprint density at radius 2 is 2.06 bits per heavy atom. The van der Waals surface area contributed by atoms with Crippen molar-refractivity contribution >= 4 is 33.8 Å². The summed E-state index contributed by atoms with van der Waals surface area (Å²) >= 11 is 0.905. The second-order valence-corrected chi connectivity index (χ2v) is 8.96. The first-order chi connectivity index (χ1) is 15.7. The molecular weight excluding hydrogens is 455 g/mol. The van der Waals surface area contributed by atoms with Gasteiger partial charge in [-0.25, -0.2) is 18.2 Å². The third kappa shape index (κ3) is 4.81. The second kappa shape index (κ2) is 9.40. The standard InChI is InChI=1S/C21H24F3N7OS/c1-30-21(31-7-3-6-14(25)13(24)10-31)16(9-27-30)28-17(32)8-15-19(26)33-20(29-15)18-11(22)4-2-5-12(18)23/h2,4-5,9,13-14H,3,6-8,10,25-26H2,1H3,(H,28,32). The molecule has 1 amide bonds. The number of nitrogens with one attached hydrogen (secondary N) is 1. The average Bonchev–Trinajstić information content (AvgIpc) is 3.23. The Labute approximate surface area is 192 Å². The summed E-state index contributed by atoms with van der Waals surface area (Å²) in [5.41, 5.74) is 12.2. The Kier molecular flexibility index (Phi) is 6.56. The summed E-state index contributed by atoms with van der Waals surface area (Å²) in [6, 6.07) is 2.99. The largest absolute Gasteiger partial charge is 0.389 e. The van der Waals surface area contributed by atoms with E-state index in [0.717, 1.165) is 23.5 Å². The predicted molar refractivity (Wildman–Crippen MR) is 122 cm³/mol. The first-order valence-electron chi connectivity index (χ1n) is 10.4. The Balaban J connectivity index is 1.51. The van der Waals surface area contributed by atoms with Crippen LogP contribution in [0.3, 0.4) is 0 Å². The maximum Gasteiger partial charge on any atom is 0.230 e. The van der Waals surface area contributed by atoms with Crippen molar-refractivity contribution in [2.24, 2.45) is 12.8 Å². The molecule has 5 N–H and O–H groups in total. The highest BCUT2D eigenvalue weighted by atomic mass is 32.1. The van der Waals surface area contributed by atoms with Gasteiger partial charge in [0, 0.05) is 19.6 Å². The molecule has 12 heteroatoms. The normalized spacial score (nSPS) is 18.9. The number of aryl methyl sites for hydroxylation is 1. The fraction of sp³-hybridized carbons (Fsp3) is 0.381. The van der Waals surface area contributed by atoms with Crippen molar-refractivity contribution in [2.45, 2.75) is 31.5 Å². The van der Waals surface area contributed by atoms with Gasteiger partial charge in [0.2, 0.25) is 5.91 Å². The molecular formula is C21H24F3N7OS. The van der Waals surface area contributed by atoms with Crippen LogP contribution in [0.2, 0.25) is 0 Å². The summed E-state index contributed by atoms with van der Waals surface area (Å²) in [5.74, 6) is -1.39. The van der Waals surface area contributed by atoms with Crippen LogP contribution in [0, 0.1) is 11.6 Å². The number of nitrogens with two attached hydrogens (primary N) is 2. The third-order valence-corrected chi connectivity index (χ3v) is 6.48. The predicted octanol–water partition coefficient (Wildman–Crippen LogP) is 2.85. The number of nitrogens with zero attached hydrogens (tertiary/aromatic N) is 4. The molecule has 2 unspecified atom stereocenters. The van der Waals surface area contributed by atoms with Crippen molar-refractivity contribution in [2.75, 3.05) is 29.0 Å². The Morgan fingerprint density at radius 1 is 1.33 bits per heavy atom. The van der Waals surface area contributed by atoms with Gasteiger partial charge in [0.1, 0.15) is 33.5 Å². The molecule has 3 heterocycles. The summed E-state index contributed by atoms with van der Waals surface area (Å²) in [5, 5.41) is 7.21. The molecule has 1 aliphatic heterocycles. The third-order valence-electron chi connectivity index (χ3n) is 5.54. The minimum Gasteiger partial charge on any atom is -0.389 e. The quantitative estimate of drug-likeness (QED) is 0.518. The van der Waals surface area contributed by atoms with Gasteiger partial charge in [0.25, 0.3) is 0 Å². The van der Waals surface area contributed by atoms with E-state index in [-0.39, 0.29) is 34.2 Å². The molecule has 176 valence electrons. The van der Waals surface area contributed by atoms with Gasteiger partial charge in [-0.15, -0.1) is 0 Å².